The molecule has 2 aromatic carbocycles. The van der Waals surface area contributed by atoms with Crippen molar-refractivity contribution < 1.29 is 14.6 Å². The third-order valence-electron chi connectivity index (χ3n) is 4.90. The highest BCUT2D eigenvalue weighted by Crippen LogP contribution is 2.37. The Labute approximate surface area is 149 Å². The zero-order chi connectivity index (χ0) is 18.0. The van der Waals surface area contributed by atoms with Crippen LogP contribution in [-0.2, 0) is 24.1 Å². The molecule has 0 radical (unpaired) electrons. The predicted octanol–water partition coefficient (Wildman–Crippen LogP) is 4.76. The lowest BCUT2D eigenvalue weighted by Crippen LogP contribution is -2.32. The highest BCUT2D eigenvalue weighted by molar-refractivity contribution is 5.67. The molecule has 2 aromatic rings. The van der Waals surface area contributed by atoms with Crippen molar-refractivity contribution in [2.75, 3.05) is 0 Å². The minimum Gasteiger partial charge on any atom is -0.487 e. The van der Waals surface area contributed by atoms with Gasteiger partial charge in [0.1, 0.15) is 11.4 Å². The van der Waals surface area contributed by atoms with Crippen molar-refractivity contribution in [3.63, 3.8) is 0 Å². The van der Waals surface area contributed by atoms with Crippen LogP contribution < -0.4 is 4.74 Å². The van der Waals surface area contributed by atoms with E-state index in [1.54, 1.807) is 0 Å². The summed E-state index contributed by atoms with van der Waals surface area (Å²) in [5.41, 5.74) is 4.64. The van der Waals surface area contributed by atoms with Crippen molar-refractivity contribution in [2.45, 2.75) is 58.0 Å². The van der Waals surface area contributed by atoms with Gasteiger partial charge in [0.05, 0.1) is 0 Å². The van der Waals surface area contributed by atoms with Crippen LogP contribution in [0.4, 0.5) is 0 Å². The third-order valence-corrected chi connectivity index (χ3v) is 4.90. The number of fused-ring (bicyclic) bond motifs is 1. The molecule has 0 saturated carbocycles. The van der Waals surface area contributed by atoms with Gasteiger partial charge in [-0.1, -0.05) is 50.2 Å². The lowest BCUT2D eigenvalue weighted by Gasteiger charge is -2.24. The van der Waals surface area contributed by atoms with E-state index in [9.17, 15) is 4.79 Å². The molecule has 0 unspecified atom stereocenters. The summed E-state index contributed by atoms with van der Waals surface area (Å²) in [7, 11) is 0. The maximum absolute atomic E-state index is 10.8. The van der Waals surface area contributed by atoms with Gasteiger partial charge in [0, 0.05) is 19.3 Å². The van der Waals surface area contributed by atoms with Gasteiger partial charge < -0.3 is 9.84 Å². The van der Waals surface area contributed by atoms with Gasteiger partial charge in [0.15, 0.2) is 0 Å². The monoisotopic (exact) mass is 338 g/mol. The van der Waals surface area contributed by atoms with Crippen molar-refractivity contribution in [1.82, 2.24) is 0 Å². The maximum atomic E-state index is 10.8. The Balaban J connectivity index is 1.69. The molecule has 0 amide bonds. The normalized spacial score (nSPS) is 18.9. The highest BCUT2D eigenvalue weighted by Gasteiger charge is 2.35. The van der Waals surface area contributed by atoms with Crippen molar-refractivity contribution in [3.05, 3.63) is 64.7 Å². The molecule has 1 atom stereocenters. The van der Waals surface area contributed by atoms with E-state index in [1.807, 2.05) is 12.1 Å². The summed E-state index contributed by atoms with van der Waals surface area (Å²) in [4.78, 5) is 10.8. The SMILES string of the molecule is CC(C)c1ccc(C[C@@]2(C)Cc3cc(CCC(=O)O)ccc3O2)cc1. The summed E-state index contributed by atoms with van der Waals surface area (Å²) in [6.45, 7) is 6.56. The van der Waals surface area contributed by atoms with Crippen molar-refractivity contribution in [2.24, 2.45) is 0 Å². The Kier molecular flexibility index (Phi) is 4.85. The van der Waals surface area contributed by atoms with E-state index < -0.39 is 5.97 Å². The van der Waals surface area contributed by atoms with E-state index in [-0.39, 0.29) is 12.0 Å². The molecule has 0 aliphatic carbocycles. The van der Waals surface area contributed by atoms with E-state index in [2.05, 4.69) is 51.1 Å². The standard InChI is InChI=1S/C22H26O3/c1-15(2)18-8-4-17(5-9-18)13-22(3)14-19-12-16(7-11-21(23)24)6-10-20(19)25-22/h4-6,8-10,12,15H,7,11,13-14H2,1-3H3,(H,23,24)/t22-/m0/s1. The Bertz CT molecular complexity index is 761. The number of rotatable bonds is 6. The molecule has 1 aliphatic heterocycles. The number of carboxylic acids is 1. The molecule has 0 fully saturated rings. The van der Waals surface area contributed by atoms with Gasteiger partial charge in [0.2, 0.25) is 0 Å². The van der Waals surface area contributed by atoms with Crippen LogP contribution in [0.25, 0.3) is 0 Å². The Morgan fingerprint density at radius 2 is 1.84 bits per heavy atom. The van der Waals surface area contributed by atoms with Crippen LogP contribution in [0.3, 0.4) is 0 Å². The number of carboxylic acid groups (broad SMARTS) is 1. The van der Waals surface area contributed by atoms with Gasteiger partial charge in [-0.15, -0.1) is 0 Å². The van der Waals surface area contributed by atoms with E-state index in [0.717, 1.165) is 24.2 Å². The van der Waals surface area contributed by atoms with Crippen LogP contribution in [0.15, 0.2) is 42.5 Å². The van der Waals surface area contributed by atoms with Crippen LogP contribution >= 0.6 is 0 Å². The number of aryl methyl sites for hydroxylation is 1. The second-order valence-electron chi connectivity index (χ2n) is 7.64. The summed E-state index contributed by atoms with van der Waals surface area (Å²) >= 11 is 0. The molecule has 1 aliphatic rings. The number of benzene rings is 2. The number of carbonyl (C=O) groups is 1. The fraction of sp³-hybridized carbons (Fsp3) is 0.409. The number of ether oxygens (including phenoxy) is 1. The first-order chi connectivity index (χ1) is 11.8. The fourth-order valence-corrected chi connectivity index (χ4v) is 3.53. The van der Waals surface area contributed by atoms with Crippen LogP contribution in [0.5, 0.6) is 5.75 Å². The van der Waals surface area contributed by atoms with Gasteiger partial charge in [-0.3, -0.25) is 4.79 Å². The smallest absolute Gasteiger partial charge is 0.303 e. The molecule has 1 heterocycles. The molecular formula is C22H26O3. The largest absolute Gasteiger partial charge is 0.487 e. The minimum absolute atomic E-state index is 0.166. The lowest BCUT2D eigenvalue weighted by atomic mass is 9.90. The predicted molar refractivity (Wildman–Crippen MR) is 99.4 cm³/mol. The summed E-state index contributed by atoms with van der Waals surface area (Å²) in [6, 6.07) is 14.9. The average Bonchev–Trinajstić information content (AvgIpc) is 2.88. The van der Waals surface area contributed by atoms with Gasteiger partial charge >= 0.3 is 5.97 Å². The second kappa shape index (κ2) is 6.91. The molecule has 0 saturated heterocycles. The molecule has 3 rings (SSSR count). The lowest BCUT2D eigenvalue weighted by molar-refractivity contribution is -0.136. The zero-order valence-electron chi connectivity index (χ0n) is 15.2. The summed E-state index contributed by atoms with van der Waals surface area (Å²) < 4.78 is 6.24. The van der Waals surface area contributed by atoms with Gasteiger partial charge in [-0.05, 0) is 47.6 Å². The first kappa shape index (κ1) is 17.5. The fourth-order valence-electron chi connectivity index (χ4n) is 3.53. The van der Waals surface area contributed by atoms with E-state index in [0.29, 0.717) is 12.3 Å². The number of hydrogen-bond acceptors (Lipinski definition) is 2. The Hall–Kier alpha value is -2.29. The molecular weight excluding hydrogens is 312 g/mol. The molecule has 1 N–H and O–H groups in total. The number of hydrogen-bond donors (Lipinski definition) is 1. The minimum atomic E-state index is -0.758. The van der Waals surface area contributed by atoms with Crippen LogP contribution in [-0.4, -0.2) is 16.7 Å². The van der Waals surface area contributed by atoms with E-state index in [1.165, 1.54) is 16.7 Å². The third kappa shape index (κ3) is 4.22. The molecule has 25 heavy (non-hydrogen) atoms. The van der Waals surface area contributed by atoms with E-state index in [4.69, 9.17) is 9.84 Å². The summed E-state index contributed by atoms with van der Waals surface area (Å²) in [5, 5.41) is 8.84. The Morgan fingerprint density at radius 1 is 1.16 bits per heavy atom. The van der Waals surface area contributed by atoms with Crippen molar-refractivity contribution in [1.29, 1.82) is 0 Å². The summed E-state index contributed by atoms with van der Waals surface area (Å²) in [6.07, 6.45) is 2.45. The maximum Gasteiger partial charge on any atom is 0.303 e. The molecule has 0 spiro atoms. The molecule has 0 aromatic heterocycles. The first-order valence-corrected chi connectivity index (χ1v) is 8.96. The van der Waals surface area contributed by atoms with E-state index >= 15 is 0 Å². The van der Waals surface area contributed by atoms with Crippen LogP contribution in [0.2, 0.25) is 0 Å². The molecule has 3 heteroatoms. The molecule has 0 bridgehead atoms. The quantitative estimate of drug-likeness (QED) is 0.826. The average molecular weight is 338 g/mol. The molecule has 132 valence electrons. The van der Waals surface area contributed by atoms with Crippen LogP contribution in [0.1, 0.15) is 55.4 Å². The van der Waals surface area contributed by atoms with Gasteiger partial charge in [-0.25, -0.2) is 0 Å². The highest BCUT2D eigenvalue weighted by atomic mass is 16.5. The zero-order valence-corrected chi connectivity index (χ0v) is 15.2. The first-order valence-electron chi connectivity index (χ1n) is 8.96. The van der Waals surface area contributed by atoms with Gasteiger partial charge in [-0.2, -0.15) is 0 Å². The Morgan fingerprint density at radius 3 is 2.48 bits per heavy atom. The molecule has 3 nitrogen and oxygen atoms in total. The summed E-state index contributed by atoms with van der Waals surface area (Å²) in [5.74, 6) is 0.715. The van der Waals surface area contributed by atoms with Gasteiger partial charge in [0.25, 0.3) is 0 Å². The van der Waals surface area contributed by atoms with Crippen LogP contribution in [0, 0.1) is 0 Å². The van der Waals surface area contributed by atoms with Crippen molar-refractivity contribution >= 4 is 5.97 Å². The number of aliphatic carboxylic acids is 1. The second-order valence-corrected chi connectivity index (χ2v) is 7.64. The topological polar surface area (TPSA) is 46.5 Å². The van der Waals surface area contributed by atoms with Crippen molar-refractivity contribution in [3.8, 4) is 5.75 Å².